The molecule has 5 aromatic rings. The van der Waals surface area contributed by atoms with Gasteiger partial charge in [0.25, 0.3) is 0 Å². The molecule has 0 aliphatic carbocycles. The van der Waals surface area contributed by atoms with Crippen LogP contribution in [0.4, 0.5) is 17.3 Å². The minimum Gasteiger partial charge on any atom is -0.397 e. The maximum atomic E-state index is 12.6. The van der Waals surface area contributed by atoms with Crippen molar-refractivity contribution in [3.8, 4) is 11.1 Å². The molecule has 0 unspecified atom stereocenters. The summed E-state index contributed by atoms with van der Waals surface area (Å²) in [6.07, 6.45) is 6.56. The van der Waals surface area contributed by atoms with Crippen LogP contribution >= 0.6 is 0 Å². The van der Waals surface area contributed by atoms with E-state index < -0.39 is 6.29 Å². The molecule has 7 rings (SSSR count). The fourth-order valence-corrected chi connectivity index (χ4v) is 7.46. The van der Waals surface area contributed by atoms with Gasteiger partial charge >= 0.3 is 0 Å². The van der Waals surface area contributed by atoms with Crippen molar-refractivity contribution in [1.29, 1.82) is 0 Å². The third-order valence-electron chi connectivity index (χ3n) is 10.8. The zero-order valence-electron chi connectivity index (χ0n) is 32.8. The smallest absolute Gasteiger partial charge is 0.225 e. The van der Waals surface area contributed by atoms with Gasteiger partial charge in [0.05, 0.1) is 30.2 Å². The number of nitrogens with two attached hydrogens (primary N) is 1. The largest absolute Gasteiger partial charge is 0.397 e. The van der Waals surface area contributed by atoms with Crippen LogP contribution in [-0.4, -0.2) is 70.6 Å². The Kier molecular flexibility index (Phi) is 14.1. The SMILES string of the molecule is Nc1ccccc1NC(=O)CCCCCC(=O)NCc1cccc(-c2ccc([C@@H]3O[C@H](CN4CCN(c5ncccn5)CC4)C[C@H](c4ccc(CO)cc4)O3)cc2)c1. The summed E-state index contributed by atoms with van der Waals surface area (Å²) in [5.41, 5.74) is 13.1. The molecule has 3 atom stereocenters. The Hall–Kier alpha value is -5.66. The second-order valence-corrected chi connectivity index (χ2v) is 15.0. The Morgan fingerprint density at radius 1 is 0.741 bits per heavy atom. The van der Waals surface area contributed by atoms with Crippen LogP contribution in [0.1, 0.15) is 73.2 Å². The molecule has 2 saturated heterocycles. The van der Waals surface area contributed by atoms with Gasteiger partial charge in [0, 0.05) is 76.5 Å². The number of para-hydroxylation sites is 2. The van der Waals surface area contributed by atoms with Gasteiger partial charge in [0.15, 0.2) is 6.29 Å². The zero-order valence-corrected chi connectivity index (χ0v) is 32.8. The van der Waals surface area contributed by atoms with Crippen molar-refractivity contribution in [1.82, 2.24) is 20.2 Å². The van der Waals surface area contributed by atoms with Crippen LogP contribution in [0.2, 0.25) is 0 Å². The van der Waals surface area contributed by atoms with Gasteiger partial charge in [-0.2, -0.15) is 0 Å². The zero-order chi connectivity index (χ0) is 40.1. The van der Waals surface area contributed by atoms with Gasteiger partial charge in [-0.3, -0.25) is 14.5 Å². The monoisotopic (exact) mass is 783 g/mol. The number of unbranched alkanes of at least 4 members (excludes halogenated alkanes) is 2. The molecule has 2 fully saturated rings. The molecule has 12 heteroatoms. The van der Waals surface area contributed by atoms with Gasteiger partial charge in [0.2, 0.25) is 17.8 Å². The highest BCUT2D eigenvalue weighted by molar-refractivity contribution is 5.93. The number of hydrogen-bond donors (Lipinski definition) is 4. The number of benzene rings is 4. The van der Waals surface area contributed by atoms with Crippen LogP contribution in [0.3, 0.4) is 0 Å². The van der Waals surface area contributed by atoms with Gasteiger partial charge in [-0.1, -0.05) is 85.3 Å². The number of nitrogens with one attached hydrogen (secondary N) is 2. The number of aliphatic hydroxyl groups excluding tert-OH is 1. The number of piperazine rings is 1. The van der Waals surface area contributed by atoms with Crippen LogP contribution in [0.5, 0.6) is 0 Å². The lowest BCUT2D eigenvalue weighted by Gasteiger charge is -2.40. The number of aromatic nitrogens is 2. The fraction of sp³-hybridized carbons (Fsp3) is 0.348. The van der Waals surface area contributed by atoms with Crippen molar-refractivity contribution in [2.75, 3.05) is 48.7 Å². The standard InChI is InChI=1S/C46H53N7O5/c47-40-10-4-5-11-41(40)51-44(56)13-3-1-2-12-43(55)50-30-34-8-6-9-38(28-34)35-18-20-37(21-19-35)45-57-39(29-42(58-45)36-16-14-33(32-54)15-17-36)31-52-24-26-53(27-25-52)46-48-22-7-23-49-46/h4-11,14-23,28,39,42,45,54H,1-3,12-13,24-27,29-32,47H2,(H,50,55)(H,51,56)/t39-,42+,45+/m0/s1. The highest BCUT2D eigenvalue weighted by atomic mass is 16.7. The van der Waals surface area contributed by atoms with Crippen molar-refractivity contribution in [3.05, 3.63) is 138 Å². The van der Waals surface area contributed by atoms with Crippen molar-refractivity contribution in [2.24, 2.45) is 0 Å². The predicted octanol–water partition coefficient (Wildman–Crippen LogP) is 6.79. The lowest BCUT2D eigenvalue weighted by molar-refractivity contribution is -0.253. The van der Waals surface area contributed by atoms with Gasteiger partial charge < -0.3 is 35.8 Å². The molecular formula is C46H53N7O5. The van der Waals surface area contributed by atoms with E-state index in [9.17, 15) is 14.7 Å². The maximum Gasteiger partial charge on any atom is 0.225 e. The van der Waals surface area contributed by atoms with Crippen LogP contribution in [0.15, 0.2) is 116 Å². The van der Waals surface area contributed by atoms with Crippen molar-refractivity contribution in [3.63, 3.8) is 0 Å². The van der Waals surface area contributed by atoms with E-state index in [-0.39, 0.29) is 30.6 Å². The number of anilines is 3. The van der Waals surface area contributed by atoms with Crippen LogP contribution in [-0.2, 0) is 32.2 Å². The van der Waals surface area contributed by atoms with Gasteiger partial charge in [-0.05, 0) is 64.9 Å². The van der Waals surface area contributed by atoms with Crippen LogP contribution < -0.4 is 21.3 Å². The summed E-state index contributed by atoms with van der Waals surface area (Å²) in [7, 11) is 0. The molecule has 0 saturated carbocycles. The van der Waals surface area contributed by atoms with Crippen molar-refractivity contribution >= 4 is 29.1 Å². The molecule has 2 aliphatic heterocycles. The summed E-state index contributed by atoms with van der Waals surface area (Å²) in [5, 5.41) is 15.5. The Labute approximate surface area is 340 Å². The molecule has 0 radical (unpaired) electrons. The van der Waals surface area contributed by atoms with Crippen LogP contribution in [0.25, 0.3) is 11.1 Å². The summed E-state index contributed by atoms with van der Waals surface area (Å²) in [6.45, 7) is 4.73. The lowest BCUT2D eigenvalue weighted by atomic mass is 9.98. The number of aliphatic hydroxyl groups is 1. The number of nitrogen functional groups attached to an aromatic ring is 1. The Morgan fingerprint density at radius 3 is 2.21 bits per heavy atom. The minimum atomic E-state index is -0.540. The summed E-state index contributed by atoms with van der Waals surface area (Å²) >= 11 is 0. The molecular weight excluding hydrogens is 731 g/mol. The average molecular weight is 784 g/mol. The highest BCUT2D eigenvalue weighted by Crippen LogP contribution is 2.39. The molecule has 2 amide bonds. The second kappa shape index (κ2) is 20.2. The Morgan fingerprint density at radius 2 is 1.47 bits per heavy atom. The normalized spacial score (nSPS) is 18.4. The number of rotatable bonds is 16. The third-order valence-corrected chi connectivity index (χ3v) is 10.8. The number of ether oxygens (including phenoxy) is 2. The third kappa shape index (κ3) is 11.3. The average Bonchev–Trinajstić information content (AvgIpc) is 3.27. The first-order valence-corrected chi connectivity index (χ1v) is 20.3. The predicted molar refractivity (Wildman–Crippen MR) is 225 cm³/mol. The summed E-state index contributed by atoms with van der Waals surface area (Å²) in [5.74, 6) is 0.689. The Balaban J connectivity index is 0.907. The minimum absolute atomic E-state index is 0.00100. The molecule has 0 spiro atoms. The van der Waals surface area contributed by atoms with E-state index in [4.69, 9.17) is 15.2 Å². The van der Waals surface area contributed by atoms with Crippen molar-refractivity contribution < 1.29 is 24.2 Å². The summed E-state index contributed by atoms with van der Waals surface area (Å²) < 4.78 is 13.3. The van der Waals surface area contributed by atoms with Gasteiger partial charge in [-0.15, -0.1) is 0 Å². The molecule has 0 bridgehead atoms. The molecule has 12 nitrogen and oxygen atoms in total. The highest BCUT2D eigenvalue weighted by Gasteiger charge is 2.34. The number of nitrogens with zero attached hydrogens (tertiary/aromatic N) is 4. The van der Waals surface area contributed by atoms with Crippen LogP contribution in [0, 0.1) is 0 Å². The second-order valence-electron chi connectivity index (χ2n) is 15.0. The van der Waals surface area contributed by atoms with E-state index in [1.165, 1.54) is 0 Å². The maximum absolute atomic E-state index is 12.6. The first kappa shape index (κ1) is 40.5. The van der Waals surface area contributed by atoms with E-state index >= 15 is 0 Å². The number of carbonyl (C=O) groups is 2. The molecule has 302 valence electrons. The van der Waals surface area contributed by atoms with E-state index in [0.717, 1.165) is 84.9 Å². The molecule has 1 aromatic heterocycles. The number of carbonyl (C=O) groups excluding carboxylic acids is 2. The quantitative estimate of drug-likeness (QED) is 0.0621. The molecule has 3 heterocycles. The number of hydrogen-bond acceptors (Lipinski definition) is 10. The first-order valence-electron chi connectivity index (χ1n) is 20.3. The number of amides is 2. The van der Waals surface area contributed by atoms with Crippen molar-refractivity contribution in [2.45, 2.75) is 70.2 Å². The lowest BCUT2D eigenvalue weighted by Crippen LogP contribution is -2.50. The van der Waals surface area contributed by atoms with E-state index in [1.807, 2.05) is 54.6 Å². The Bertz CT molecular complexity index is 2080. The molecule has 58 heavy (non-hydrogen) atoms. The van der Waals surface area contributed by atoms with Gasteiger partial charge in [0.1, 0.15) is 0 Å². The van der Waals surface area contributed by atoms with E-state index in [1.54, 1.807) is 24.5 Å². The molecule has 2 aliphatic rings. The summed E-state index contributed by atoms with van der Waals surface area (Å²) in [4.78, 5) is 38.4. The molecule has 4 aromatic carbocycles. The van der Waals surface area contributed by atoms with E-state index in [2.05, 4.69) is 66.8 Å². The first-order chi connectivity index (χ1) is 28.4. The van der Waals surface area contributed by atoms with E-state index in [0.29, 0.717) is 43.6 Å². The topological polar surface area (TPSA) is 155 Å². The van der Waals surface area contributed by atoms with Gasteiger partial charge in [-0.25, -0.2) is 9.97 Å². The fourth-order valence-electron chi connectivity index (χ4n) is 7.46. The summed E-state index contributed by atoms with van der Waals surface area (Å²) in [6, 6.07) is 33.6. The molecule has 5 N–H and O–H groups in total.